The Bertz CT molecular complexity index is 3300. The van der Waals surface area contributed by atoms with Gasteiger partial charge in [-0.05, 0) is 49.2 Å². The van der Waals surface area contributed by atoms with Crippen LogP contribution in [0, 0.1) is 0 Å². The van der Waals surface area contributed by atoms with Gasteiger partial charge >= 0.3 is 0 Å². The van der Waals surface area contributed by atoms with Crippen molar-refractivity contribution in [2.75, 3.05) is 0 Å². The molecule has 57 heavy (non-hydrogen) atoms. The molecule has 0 N–H and O–H groups in total. The summed E-state index contributed by atoms with van der Waals surface area (Å²) < 4.78 is 12.1. The molecule has 0 saturated carbocycles. The van der Waals surface area contributed by atoms with Gasteiger partial charge in [-0.15, -0.1) is 0 Å². The summed E-state index contributed by atoms with van der Waals surface area (Å²) in [4.78, 5) is 15.5. The van der Waals surface area contributed by atoms with Crippen molar-refractivity contribution in [1.82, 2.24) is 24.1 Å². The molecular weight excluding hydrogens is 699 g/mol. The fraction of sp³-hybridized carbons (Fsp3) is 0.0392. The van der Waals surface area contributed by atoms with E-state index in [1.807, 2.05) is 60.7 Å². The highest BCUT2D eigenvalue weighted by molar-refractivity contribution is 6.15. The van der Waals surface area contributed by atoms with E-state index in [-0.39, 0.29) is 0 Å². The molecule has 0 amide bonds. The average molecular weight is 732 g/mol. The number of hydrogen-bond donors (Lipinski definition) is 0. The largest absolute Gasteiger partial charge is 0.452 e. The minimum atomic E-state index is 0.569. The first-order chi connectivity index (χ1) is 28.3. The molecule has 0 radical (unpaired) electrons. The van der Waals surface area contributed by atoms with Gasteiger partial charge in [-0.1, -0.05) is 140 Å². The van der Waals surface area contributed by atoms with Crippen LogP contribution in [0.15, 0.2) is 174 Å². The minimum Gasteiger partial charge on any atom is -0.452 e. The predicted octanol–water partition coefficient (Wildman–Crippen LogP) is 12.8. The summed E-state index contributed by atoms with van der Waals surface area (Å²) in [5.74, 6) is 1.79. The van der Waals surface area contributed by atoms with E-state index in [9.17, 15) is 0 Å². The van der Waals surface area contributed by atoms with E-state index in [0.29, 0.717) is 17.5 Å². The Morgan fingerprint density at radius 2 is 0.982 bits per heavy atom. The summed E-state index contributed by atoms with van der Waals surface area (Å²) in [5.41, 5.74) is 12.1. The Labute approximate surface area is 327 Å². The van der Waals surface area contributed by atoms with Crippen LogP contribution in [0.4, 0.5) is 0 Å². The highest BCUT2D eigenvalue weighted by atomic mass is 16.3. The third-order valence-corrected chi connectivity index (χ3v) is 11.5. The molecule has 1 aliphatic rings. The van der Waals surface area contributed by atoms with Gasteiger partial charge in [0, 0.05) is 54.9 Å². The van der Waals surface area contributed by atoms with Crippen LogP contribution in [0.5, 0.6) is 0 Å². The van der Waals surface area contributed by atoms with E-state index in [2.05, 4.69) is 124 Å². The molecule has 0 spiro atoms. The van der Waals surface area contributed by atoms with Gasteiger partial charge in [-0.3, -0.25) is 0 Å². The number of benzene rings is 7. The smallest absolute Gasteiger partial charge is 0.166 e. The van der Waals surface area contributed by atoms with Crippen LogP contribution in [0.2, 0.25) is 0 Å². The van der Waals surface area contributed by atoms with Gasteiger partial charge in [0.15, 0.2) is 28.6 Å². The number of fused-ring (bicyclic) bond motifs is 9. The molecule has 6 heteroatoms. The van der Waals surface area contributed by atoms with Crippen molar-refractivity contribution in [2.24, 2.45) is 0 Å². The van der Waals surface area contributed by atoms with E-state index in [4.69, 9.17) is 19.4 Å². The van der Waals surface area contributed by atoms with Crippen molar-refractivity contribution >= 4 is 60.7 Å². The summed E-state index contributed by atoms with van der Waals surface area (Å²) in [6, 6.07) is 57.1. The maximum Gasteiger partial charge on any atom is 0.166 e. The lowest BCUT2D eigenvalue weighted by Crippen LogP contribution is -2.04. The van der Waals surface area contributed by atoms with E-state index in [0.717, 1.165) is 84.7 Å². The van der Waals surface area contributed by atoms with Crippen molar-refractivity contribution in [1.29, 1.82) is 0 Å². The topological polar surface area (TPSA) is 61.7 Å². The van der Waals surface area contributed by atoms with Crippen molar-refractivity contribution in [3.05, 3.63) is 181 Å². The van der Waals surface area contributed by atoms with Crippen LogP contribution in [0.3, 0.4) is 0 Å². The molecule has 268 valence electrons. The molecule has 0 unspecified atom stereocenters. The van der Waals surface area contributed by atoms with Crippen LogP contribution in [-0.4, -0.2) is 24.1 Å². The molecule has 1 aliphatic carbocycles. The fourth-order valence-corrected chi connectivity index (χ4v) is 8.95. The predicted molar refractivity (Wildman–Crippen MR) is 232 cm³/mol. The minimum absolute atomic E-state index is 0.569. The zero-order valence-electron chi connectivity index (χ0n) is 30.8. The van der Waals surface area contributed by atoms with Gasteiger partial charge in [0.1, 0.15) is 5.69 Å². The van der Waals surface area contributed by atoms with Gasteiger partial charge in [0.2, 0.25) is 0 Å². The maximum absolute atomic E-state index is 7.36. The van der Waals surface area contributed by atoms with Crippen LogP contribution in [0.1, 0.15) is 17.7 Å². The monoisotopic (exact) mass is 731 g/mol. The first-order valence-corrected chi connectivity index (χ1v) is 19.4. The number of nitrogens with zero attached hydrogens (tertiary/aromatic N) is 5. The second kappa shape index (κ2) is 12.5. The lowest BCUT2D eigenvalue weighted by molar-refractivity contribution is 0.662. The highest BCUT2D eigenvalue weighted by Crippen LogP contribution is 2.45. The first-order valence-electron chi connectivity index (χ1n) is 19.4. The first kappa shape index (κ1) is 31.7. The lowest BCUT2D eigenvalue weighted by Gasteiger charge is -2.15. The molecule has 0 aliphatic heterocycles. The summed E-state index contributed by atoms with van der Waals surface area (Å²) in [7, 11) is 0. The van der Waals surface area contributed by atoms with Crippen LogP contribution in [0.25, 0.3) is 106 Å². The van der Waals surface area contributed by atoms with E-state index in [1.165, 1.54) is 22.2 Å². The van der Waals surface area contributed by atoms with Gasteiger partial charge in [0.05, 0.1) is 22.2 Å². The summed E-state index contributed by atoms with van der Waals surface area (Å²) >= 11 is 0. The standard InChI is InChI=1S/C51H33N5O/c1-3-16-32(17-4-1)49-52-50(33-18-5-2-6-19-33)54-51(53-49)40-31-30-39-38-24-15-29-45(55-41-25-11-7-20-34(41)35-21-8-12-26-42(35)55)47(38)57-48(39)46(40)56-43-27-13-9-22-36(43)37-23-10-14-28-44(37)56/h1-11,13-25,27-31H,12,26H2. The fourth-order valence-electron chi connectivity index (χ4n) is 8.95. The Hall–Kier alpha value is -7.57. The molecule has 0 atom stereocenters. The van der Waals surface area contributed by atoms with Gasteiger partial charge < -0.3 is 13.6 Å². The van der Waals surface area contributed by atoms with E-state index in [1.54, 1.807) is 0 Å². The summed E-state index contributed by atoms with van der Waals surface area (Å²) in [5, 5.41) is 5.66. The average Bonchev–Trinajstić information content (AvgIpc) is 3.95. The number of aromatic nitrogens is 5. The van der Waals surface area contributed by atoms with Crippen molar-refractivity contribution < 1.29 is 4.42 Å². The molecule has 6 nitrogen and oxygen atoms in total. The second-order valence-corrected chi connectivity index (χ2v) is 14.7. The van der Waals surface area contributed by atoms with Crippen LogP contribution < -0.4 is 0 Å². The van der Waals surface area contributed by atoms with Crippen LogP contribution >= 0.6 is 0 Å². The zero-order valence-corrected chi connectivity index (χ0v) is 30.8. The summed E-state index contributed by atoms with van der Waals surface area (Å²) in [6.45, 7) is 0. The van der Waals surface area contributed by atoms with E-state index < -0.39 is 0 Å². The van der Waals surface area contributed by atoms with Gasteiger partial charge in [0.25, 0.3) is 0 Å². The number of hydrogen-bond acceptors (Lipinski definition) is 4. The van der Waals surface area contributed by atoms with E-state index >= 15 is 0 Å². The quantitative estimate of drug-likeness (QED) is 0.177. The van der Waals surface area contributed by atoms with Crippen molar-refractivity contribution in [3.8, 4) is 45.5 Å². The maximum atomic E-state index is 7.36. The summed E-state index contributed by atoms with van der Waals surface area (Å²) in [6.07, 6.45) is 6.53. The molecule has 0 bridgehead atoms. The molecular formula is C51H33N5O. The zero-order chi connectivity index (χ0) is 37.5. The lowest BCUT2D eigenvalue weighted by atomic mass is 10.0. The number of furan rings is 1. The normalized spacial score (nSPS) is 12.7. The third kappa shape index (κ3) is 4.80. The number of para-hydroxylation sites is 4. The van der Waals surface area contributed by atoms with Crippen molar-refractivity contribution in [3.63, 3.8) is 0 Å². The molecule has 4 aromatic heterocycles. The molecule has 4 heterocycles. The van der Waals surface area contributed by atoms with Crippen LogP contribution in [-0.2, 0) is 6.42 Å². The number of rotatable bonds is 5. The Morgan fingerprint density at radius 3 is 1.65 bits per heavy atom. The SMILES string of the molecule is C1=Cc2c(n(-c3cccc4c3oc3c(-n5c6ccccc6c6ccccc65)c(-c5nc(-c6ccccc6)nc(-c6ccccc6)n5)ccc34)c3ccccc23)CC1. The van der Waals surface area contributed by atoms with Gasteiger partial charge in [-0.25, -0.2) is 15.0 Å². The van der Waals surface area contributed by atoms with Gasteiger partial charge in [-0.2, -0.15) is 0 Å². The Morgan fingerprint density at radius 1 is 0.439 bits per heavy atom. The third-order valence-electron chi connectivity index (χ3n) is 11.5. The number of allylic oxidation sites excluding steroid dienone is 1. The Kier molecular flexibility index (Phi) is 6.95. The molecule has 0 saturated heterocycles. The molecule has 11 aromatic rings. The van der Waals surface area contributed by atoms with Crippen molar-refractivity contribution in [2.45, 2.75) is 12.8 Å². The second-order valence-electron chi connectivity index (χ2n) is 14.7. The highest BCUT2D eigenvalue weighted by Gasteiger charge is 2.26. The molecule has 12 rings (SSSR count). The Balaban J connectivity index is 1.22. The molecule has 0 fully saturated rings. The molecule has 7 aromatic carbocycles.